The van der Waals surface area contributed by atoms with Crippen molar-refractivity contribution < 1.29 is 24.0 Å². The van der Waals surface area contributed by atoms with Crippen LogP contribution in [0.1, 0.15) is 43.2 Å². The summed E-state index contributed by atoms with van der Waals surface area (Å²) in [6, 6.07) is 3.73. The average molecular weight is 417 g/mol. The molecule has 30 heavy (non-hydrogen) atoms. The third-order valence-corrected chi connectivity index (χ3v) is 6.07. The van der Waals surface area contributed by atoms with Crippen LogP contribution in [0.25, 0.3) is 10.9 Å². The maximum Gasteiger partial charge on any atom is 0.340 e. The highest BCUT2D eigenvalue weighted by Crippen LogP contribution is 2.38. The molecule has 1 fully saturated rings. The molecule has 2 N–H and O–H groups in total. The zero-order valence-electron chi connectivity index (χ0n) is 18.9. The number of fused-ring (bicyclic) bond motifs is 1. The SMILES string of the molecule is CCOC(=O)c1c(C)n(C)c2ccc(OC)c(NC(=O)C[NH+]3C[C@H](C)C[C@@H](C)C3)c12. The molecule has 2 aromatic rings. The molecule has 0 radical (unpaired) electrons. The number of aromatic nitrogens is 1. The lowest BCUT2D eigenvalue weighted by Gasteiger charge is -2.31. The molecule has 1 aliphatic rings. The summed E-state index contributed by atoms with van der Waals surface area (Å²) in [5.41, 5.74) is 2.64. The molecule has 1 amide bonds. The number of anilines is 1. The smallest absolute Gasteiger partial charge is 0.340 e. The van der Waals surface area contributed by atoms with Crippen molar-refractivity contribution in [3.05, 3.63) is 23.4 Å². The predicted octanol–water partition coefficient (Wildman–Crippen LogP) is 2.17. The molecule has 1 aliphatic heterocycles. The lowest BCUT2D eigenvalue weighted by atomic mass is 9.92. The van der Waals surface area contributed by atoms with Crippen molar-refractivity contribution in [1.29, 1.82) is 0 Å². The van der Waals surface area contributed by atoms with Crippen molar-refractivity contribution in [2.75, 3.05) is 38.7 Å². The number of methoxy groups -OCH3 is 1. The number of rotatable bonds is 6. The summed E-state index contributed by atoms with van der Waals surface area (Å²) in [7, 11) is 3.47. The van der Waals surface area contributed by atoms with Crippen molar-refractivity contribution in [2.24, 2.45) is 18.9 Å². The largest absolute Gasteiger partial charge is 0.495 e. The third-order valence-electron chi connectivity index (χ3n) is 6.07. The summed E-state index contributed by atoms with van der Waals surface area (Å²) in [5.74, 6) is 1.29. The number of esters is 1. The Bertz CT molecular complexity index is 940. The van der Waals surface area contributed by atoms with Gasteiger partial charge in [-0.1, -0.05) is 13.8 Å². The Labute approximate surface area is 178 Å². The van der Waals surface area contributed by atoms with Gasteiger partial charge in [0.1, 0.15) is 5.75 Å². The molecule has 0 saturated carbocycles. The van der Waals surface area contributed by atoms with Crippen molar-refractivity contribution in [3.63, 3.8) is 0 Å². The highest BCUT2D eigenvalue weighted by atomic mass is 16.5. The van der Waals surface area contributed by atoms with Gasteiger partial charge in [0.15, 0.2) is 6.54 Å². The van der Waals surface area contributed by atoms with Gasteiger partial charge in [0.2, 0.25) is 0 Å². The summed E-state index contributed by atoms with van der Waals surface area (Å²) in [6.45, 7) is 10.8. The first-order valence-electron chi connectivity index (χ1n) is 10.7. The number of aryl methyl sites for hydroxylation is 1. The first kappa shape index (κ1) is 22.2. The minimum absolute atomic E-state index is 0.0755. The zero-order valence-corrected chi connectivity index (χ0v) is 18.9. The molecule has 1 aromatic carbocycles. The van der Waals surface area contributed by atoms with Crippen LogP contribution in [0.2, 0.25) is 0 Å². The van der Waals surface area contributed by atoms with Crippen LogP contribution in [0, 0.1) is 18.8 Å². The number of likely N-dealkylation sites (tertiary alicyclic amines) is 1. The fraction of sp³-hybridized carbons (Fsp3) is 0.565. The fourth-order valence-electron chi connectivity index (χ4n) is 4.86. The lowest BCUT2D eigenvalue weighted by molar-refractivity contribution is -0.904. The number of nitrogens with zero attached hydrogens (tertiary/aromatic N) is 1. The fourth-order valence-corrected chi connectivity index (χ4v) is 4.86. The molecule has 0 bridgehead atoms. The summed E-state index contributed by atoms with van der Waals surface area (Å²) >= 11 is 0. The van der Waals surface area contributed by atoms with E-state index in [4.69, 9.17) is 9.47 Å². The lowest BCUT2D eigenvalue weighted by Crippen LogP contribution is -3.15. The van der Waals surface area contributed by atoms with Gasteiger partial charge in [-0.2, -0.15) is 0 Å². The van der Waals surface area contributed by atoms with E-state index in [0.717, 1.165) is 24.3 Å². The maximum absolute atomic E-state index is 13.0. The molecular formula is C23H34N3O4+. The Morgan fingerprint density at radius 1 is 1.23 bits per heavy atom. The van der Waals surface area contributed by atoms with Crippen LogP contribution in [0.15, 0.2) is 12.1 Å². The molecule has 0 spiro atoms. The molecule has 7 nitrogen and oxygen atoms in total. The topological polar surface area (TPSA) is 74.0 Å². The van der Waals surface area contributed by atoms with Crippen LogP contribution in [0.3, 0.4) is 0 Å². The number of nitrogens with one attached hydrogen (secondary N) is 2. The molecule has 164 valence electrons. The van der Waals surface area contributed by atoms with Crippen LogP contribution >= 0.6 is 0 Å². The second-order valence-electron chi connectivity index (χ2n) is 8.61. The van der Waals surface area contributed by atoms with Crippen molar-refractivity contribution >= 4 is 28.5 Å². The second kappa shape index (κ2) is 9.08. The van der Waals surface area contributed by atoms with Crippen molar-refractivity contribution in [1.82, 2.24) is 4.57 Å². The van der Waals surface area contributed by atoms with Gasteiger partial charge in [0.25, 0.3) is 5.91 Å². The van der Waals surface area contributed by atoms with Crippen LogP contribution in [-0.2, 0) is 16.6 Å². The molecular weight excluding hydrogens is 382 g/mol. The normalized spacial score (nSPS) is 21.5. The quantitative estimate of drug-likeness (QED) is 0.708. The van der Waals surface area contributed by atoms with E-state index in [-0.39, 0.29) is 12.5 Å². The Balaban J connectivity index is 1.98. The Morgan fingerprint density at radius 2 is 1.90 bits per heavy atom. The predicted molar refractivity (Wildman–Crippen MR) is 117 cm³/mol. The van der Waals surface area contributed by atoms with E-state index >= 15 is 0 Å². The number of benzene rings is 1. The Hall–Kier alpha value is -2.54. The van der Waals surface area contributed by atoms with E-state index in [1.165, 1.54) is 11.3 Å². The number of ether oxygens (including phenoxy) is 2. The summed E-state index contributed by atoms with van der Waals surface area (Å²) in [6.07, 6.45) is 1.21. The molecule has 0 unspecified atom stereocenters. The van der Waals surface area contributed by atoms with Gasteiger partial charge in [-0.05, 0) is 32.4 Å². The van der Waals surface area contributed by atoms with Crippen molar-refractivity contribution in [2.45, 2.75) is 34.1 Å². The molecule has 7 heteroatoms. The van der Waals surface area contributed by atoms with E-state index in [1.54, 1.807) is 14.0 Å². The first-order chi connectivity index (χ1) is 14.3. The second-order valence-corrected chi connectivity index (χ2v) is 8.61. The van der Waals surface area contributed by atoms with Gasteiger partial charge < -0.3 is 24.3 Å². The highest BCUT2D eigenvalue weighted by Gasteiger charge is 2.29. The van der Waals surface area contributed by atoms with E-state index in [2.05, 4.69) is 19.2 Å². The van der Waals surface area contributed by atoms with Gasteiger partial charge in [-0.15, -0.1) is 0 Å². The molecule has 1 aromatic heterocycles. The number of quaternary nitrogens is 1. The Morgan fingerprint density at radius 3 is 2.50 bits per heavy atom. The Kier molecular flexibility index (Phi) is 6.71. The first-order valence-corrected chi connectivity index (χ1v) is 10.7. The minimum atomic E-state index is -0.395. The standard InChI is InChI=1S/C23H33N3O4/c1-7-30-23(28)20-16(4)25(5)17-8-9-18(29-6)22(21(17)20)24-19(27)13-26-11-14(2)10-15(3)12-26/h8-9,14-15H,7,10-13H2,1-6H3,(H,24,27)/p+1/t14-,15-/m1/s1. The minimum Gasteiger partial charge on any atom is -0.495 e. The van der Waals surface area contributed by atoms with Crippen LogP contribution in [-0.4, -0.2) is 49.8 Å². The van der Waals surface area contributed by atoms with E-state index in [0.29, 0.717) is 40.8 Å². The highest BCUT2D eigenvalue weighted by molar-refractivity contribution is 6.14. The van der Waals surface area contributed by atoms with Crippen LogP contribution < -0.4 is 15.0 Å². The monoisotopic (exact) mass is 416 g/mol. The number of amides is 1. The van der Waals surface area contributed by atoms with Gasteiger partial charge in [0.05, 0.1) is 43.6 Å². The van der Waals surface area contributed by atoms with Gasteiger partial charge in [-0.25, -0.2) is 4.79 Å². The van der Waals surface area contributed by atoms with Gasteiger partial charge in [-0.3, -0.25) is 4.79 Å². The number of hydrogen-bond acceptors (Lipinski definition) is 4. The molecule has 2 heterocycles. The van der Waals surface area contributed by atoms with Gasteiger partial charge >= 0.3 is 5.97 Å². The zero-order chi connectivity index (χ0) is 22.0. The molecule has 3 rings (SSSR count). The third kappa shape index (κ3) is 4.31. The summed E-state index contributed by atoms with van der Waals surface area (Å²) in [5, 5.41) is 3.72. The van der Waals surface area contributed by atoms with Crippen LogP contribution in [0.4, 0.5) is 5.69 Å². The number of carbonyl (C=O) groups excluding carboxylic acids is 2. The van der Waals surface area contributed by atoms with Gasteiger partial charge in [0, 0.05) is 30.0 Å². The summed E-state index contributed by atoms with van der Waals surface area (Å²) in [4.78, 5) is 27.0. The molecule has 0 aliphatic carbocycles. The van der Waals surface area contributed by atoms with Crippen molar-refractivity contribution in [3.8, 4) is 5.75 Å². The molecule has 2 atom stereocenters. The van der Waals surface area contributed by atoms with E-state index in [1.807, 2.05) is 30.7 Å². The number of hydrogen-bond donors (Lipinski definition) is 2. The van der Waals surface area contributed by atoms with E-state index in [9.17, 15) is 9.59 Å². The molecule has 1 saturated heterocycles. The number of piperidine rings is 1. The maximum atomic E-state index is 13.0. The number of carbonyl (C=O) groups is 2. The average Bonchev–Trinajstić information content (AvgIpc) is 2.92. The van der Waals surface area contributed by atoms with E-state index < -0.39 is 5.97 Å². The summed E-state index contributed by atoms with van der Waals surface area (Å²) < 4.78 is 12.8. The van der Waals surface area contributed by atoms with Crippen LogP contribution in [0.5, 0.6) is 5.75 Å².